The highest BCUT2D eigenvalue weighted by molar-refractivity contribution is 5.73. The SMILES string of the molecule is C[C@H](C(=O)O)N1CCN(c2ccccc2[N+](=O)[O-])CC1. The maximum absolute atomic E-state index is 11.0. The van der Waals surface area contributed by atoms with Gasteiger partial charge in [-0.05, 0) is 13.0 Å². The first-order valence-electron chi connectivity index (χ1n) is 6.46. The second-order valence-electron chi connectivity index (χ2n) is 4.78. The summed E-state index contributed by atoms with van der Waals surface area (Å²) in [5.74, 6) is -0.843. The second kappa shape index (κ2) is 5.87. The maximum atomic E-state index is 11.0. The number of piperazine rings is 1. The van der Waals surface area contributed by atoms with Gasteiger partial charge in [0.25, 0.3) is 5.69 Å². The third-order valence-corrected chi connectivity index (χ3v) is 3.64. The Labute approximate surface area is 116 Å². The van der Waals surface area contributed by atoms with Crippen LogP contribution in [0.4, 0.5) is 11.4 Å². The van der Waals surface area contributed by atoms with Crippen LogP contribution < -0.4 is 4.90 Å². The number of aliphatic carboxylic acids is 1. The standard InChI is InChI=1S/C13H17N3O4/c1-10(13(17)18)14-6-8-15(9-7-14)11-4-2-3-5-12(11)16(19)20/h2-5,10H,6-9H2,1H3,(H,17,18)/t10-/m1/s1. The number of carbonyl (C=O) groups is 1. The number of hydrogen-bond donors (Lipinski definition) is 1. The summed E-state index contributed by atoms with van der Waals surface area (Å²) in [7, 11) is 0. The van der Waals surface area contributed by atoms with Crippen molar-refractivity contribution in [3.8, 4) is 0 Å². The number of nitro benzene ring substituents is 1. The minimum absolute atomic E-state index is 0.0900. The lowest BCUT2D eigenvalue weighted by Crippen LogP contribution is -2.51. The van der Waals surface area contributed by atoms with E-state index in [0.29, 0.717) is 31.9 Å². The molecule has 20 heavy (non-hydrogen) atoms. The average molecular weight is 279 g/mol. The van der Waals surface area contributed by atoms with E-state index in [0.717, 1.165) is 0 Å². The van der Waals surface area contributed by atoms with E-state index in [4.69, 9.17) is 5.11 Å². The topological polar surface area (TPSA) is 86.9 Å². The van der Waals surface area contributed by atoms with Gasteiger partial charge in [0.15, 0.2) is 0 Å². The van der Waals surface area contributed by atoms with Gasteiger partial charge in [-0.3, -0.25) is 19.8 Å². The fraction of sp³-hybridized carbons (Fsp3) is 0.462. The van der Waals surface area contributed by atoms with E-state index in [1.165, 1.54) is 6.07 Å². The fourth-order valence-electron chi connectivity index (χ4n) is 2.39. The van der Waals surface area contributed by atoms with Crippen molar-refractivity contribution in [3.63, 3.8) is 0 Å². The molecule has 1 N–H and O–H groups in total. The first kappa shape index (κ1) is 14.3. The third kappa shape index (κ3) is 2.88. The molecular weight excluding hydrogens is 262 g/mol. The van der Waals surface area contributed by atoms with Crippen molar-refractivity contribution in [1.82, 2.24) is 4.90 Å². The zero-order valence-corrected chi connectivity index (χ0v) is 11.2. The Morgan fingerprint density at radius 3 is 2.45 bits per heavy atom. The molecule has 0 amide bonds. The normalized spacial score (nSPS) is 17.8. The number of nitro groups is 1. The van der Waals surface area contributed by atoms with Crippen LogP contribution in [-0.4, -0.2) is 53.1 Å². The van der Waals surface area contributed by atoms with E-state index in [1.54, 1.807) is 25.1 Å². The predicted molar refractivity (Wildman–Crippen MR) is 74.0 cm³/mol. The number of carboxylic acid groups (broad SMARTS) is 1. The number of benzene rings is 1. The van der Waals surface area contributed by atoms with Crippen LogP contribution in [0.25, 0.3) is 0 Å². The molecule has 1 aliphatic heterocycles. The molecule has 2 rings (SSSR count). The largest absolute Gasteiger partial charge is 0.480 e. The molecule has 1 aliphatic rings. The lowest BCUT2D eigenvalue weighted by Gasteiger charge is -2.37. The van der Waals surface area contributed by atoms with E-state index < -0.39 is 12.0 Å². The van der Waals surface area contributed by atoms with Gasteiger partial charge in [0, 0.05) is 32.2 Å². The monoisotopic (exact) mass is 279 g/mol. The second-order valence-corrected chi connectivity index (χ2v) is 4.78. The quantitative estimate of drug-likeness (QED) is 0.658. The van der Waals surface area contributed by atoms with E-state index in [1.807, 2.05) is 9.80 Å². The summed E-state index contributed by atoms with van der Waals surface area (Å²) in [6.45, 7) is 3.99. The van der Waals surface area contributed by atoms with Crippen molar-refractivity contribution in [2.24, 2.45) is 0 Å². The summed E-state index contributed by atoms with van der Waals surface area (Å²) in [5.41, 5.74) is 0.687. The van der Waals surface area contributed by atoms with Gasteiger partial charge in [-0.15, -0.1) is 0 Å². The van der Waals surface area contributed by atoms with Gasteiger partial charge >= 0.3 is 5.97 Å². The molecule has 0 saturated carbocycles. The molecule has 7 nitrogen and oxygen atoms in total. The summed E-state index contributed by atoms with van der Waals surface area (Å²) in [6, 6.07) is 6.11. The van der Waals surface area contributed by atoms with Gasteiger partial charge in [-0.25, -0.2) is 0 Å². The van der Waals surface area contributed by atoms with Crippen molar-refractivity contribution >= 4 is 17.3 Å². The Hall–Kier alpha value is -2.15. The Balaban J connectivity index is 2.08. The van der Waals surface area contributed by atoms with Crippen LogP contribution in [0.2, 0.25) is 0 Å². The molecule has 1 saturated heterocycles. The minimum Gasteiger partial charge on any atom is -0.480 e. The minimum atomic E-state index is -0.843. The number of rotatable bonds is 4. The smallest absolute Gasteiger partial charge is 0.320 e. The van der Waals surface area contributed by atoms with Crippen LogP contribution in [0.3, 0.4) is 0 Å². The highest BCUT2D eigenvalue weighted by Crippen LogP contribution is 2.28. The van der Waals surface area contributed by atoms with Crippen molar-refractivity contribution in [3.05, 3.63) is 34.4 Å². The molecule has 1 fully saturated rings. The van der Waals surface area contributed by atoms with E-state index >= 15 is 0 Å². The first-order valence-corrected chi connectivity index (χ1v) is 6.46. The van der Waals surface area contributed by atoms with Gasteiger partial charge in [0.05, 0.1) is 4.92 Å². The van der Waals surface area contributed by atoms with Crippen LogP contribution in [-0.2, 0) is 4.79 Å². The fourth-order valence-corrected chi connectivity index (χ4v) is 2.39. The lowest BCUT2D eigenvalue weighted by molar-refractivity contribution is -0.384. The molecule has 0 radical (unpaired) electrons. The van der Waals surface area contributed by atoms with Crippen LogP contribution in [0.15, 0.2) is 24.3 Å². The van der Waals surface area contributed by atoms with Crippen molar-refractivity contribution in [2.75, 3.05) is 31.1 Å². The molecule has 0 spiro atoms. The van der Waals surface area contributed by atoms with Gasteiger partial charge in [-0.1, -0.05) is 12.1 Å². The van der Waals surface area contributed by atoms with E-state index in [9.17, 15) is 14.9 Å². The Bertz CT molecular complexity index is 512. The average Bonchev–Trinajstić information content (AvgIpc) is 2.46. The van der Waals surface area contributed by atoms with Crippen LogP contribution in [0.1, 0.15) is 6.92 Å². The number of nitrogens with zero attached hydrogens (tertiary/aromatic N) is 3. The van der Waals surface area contributed by atoms with Crippen molar-refractivity contribution in [1.29, 1.82) is 0 Å². The molecule has 0 unspecified atom stereocenters. The predicted octanol–water partition coefficient (Wildman–Crippen LogP) is 1.19. The summed E-state index contributed by atoms with van der Waals surface area (Å²) in [5, 5.41) is 20.0. The van der Waals surface area contributed by atoms with Gasteiger partial charge in [0.1, 0.15) is 11.7 Å². The number of anilines is 1. The molecule has 7 heteroatoms. The first-order chi connectivity index (χ1) is 9.50. The number of para-hydroxylation sites is 2. The molecule has 1 heterocycles. The number of carboxylic acids is 1. The summed E-state index contributed by atoms with van der Waals surface area (Å²) < 4.78 is 0. The van der Waals surface area contributed by atoms with Gasteiger partial charge in [-0.2, -0.15) is 0 Å². The van der Waals surface area contributed by atoms with Crippen LogP contribution in [0.5, 0.6) is 0 Å². The van der Waals surface area contributed by atoms with E-state index in [-0.39, 0.29) is 10.6 Å². The molecular formula is C13H17N3O4. The van der Waals surface area contributed by atoms with Gasteiger partial charge in [0.2, 0.25) is 0 Å². The maximum Gasteiger partial charge on any atom is 0.320 e. The molecule has 1 atom stereocenters. The highest BCUT2D eigenvalue weighted by atomic mass is 16.6. The molecule has 1 aromatic carbocycles. The summed E-state index contributed by atoms with van der Waals surface area (Å²) in [4.78, 5) is 25.4. The van der Waals surface area contributed by atoms with E-state index in [2.05, 4.69) is 0 Å². The van der Waals surface area contributed by atoms with Crippen molar-refractivity contribution < 1.29 is 14.8 Å². The van der Waals surface area contributed by atoms with Gasteiger partial charge < -0.3 is 10.0 Å². The zero-order chi connectivity index (χ0) is 14.7. The highest BCUT2D eigenvalue weighted by Gasteiger charge is 2.27. The van der Waals surface area contributed by atoms with Crippen LogP contribution >= 0.6 is 0 Å². The van der Waals surface area contributed by atoms with Crippen LogP contribution in [0, 0.1) is 10.1 Å². The lowest BCUT2D eigenvalue weighted by atomic mass is 10.2. The molecule has 0 aliphatic carbocycles. The number of hydrogen-bond acceptors (Lipinski definition) is 5. The third-order valence-electron chi connectivity index (χ3n) is 3.64. The molecule has 0 bridgehead atoms. The Kier molecular flexibility index (Phi) is 4.19. The Morgan fingerprint density at radius 2 is 1.90 bits per heavy atom. The molecule has 0 aromatic heterocycles. The molecule has 108 valence electrons. The zero-order valence-electron chi connectivity index (χ0n) is 11.2. The summed E-state index contributed by atoms with van der Waals surface area (Å²) in [6.07, 6.45) is 0. The Morgan fingerprint density at radius 1 is 1.30 bits per heavy atom. The van der Waals surface area contributed by atoms with Crippen molar-refractivity contribution in [2.45, 2.75) is 13.0 Å². The summed E-state index contributed by atoms with van der Waals surface area (Å²) >= 11 is 0. The molecule has 1 aromatic rings.